The Labute approximate surface area is 99.9 Å². The van der Waals surface area contributed by atoms with E-state index in [1.165, 1.54) is 12.1 Å². The molecule has 1 N–H and O–H groups in total. The van der Waals surface area contributed by atoms with Crippen LogP contribution in [0.4, 0.5) is 4.39 Å². The lowest BCUT2D eigenvalue weighted by Crippen LogP contribution is -2.37. The predicted octanol–water partition coefficient (Wildman–Crippen LogP) is 2.44. The lowest BCUT2D eigenvalue weighted by Gasteiger charge is -2.32. The quantitative estimate of drug-likeness (QED) is 0.877. The van der Waals surface area contributed by atoms with Crippen molar-refractivity contribution in [1.82, 2.24) is 4.90 Å². The van der Waals surface area contributed by atoms with E-state index in [1.54, 1.807) is 12.1 Å². The van der Waals surface area contributed by atoms with Crippen LogP contribution in [0.2, 0.25) is 0 Å². The van der Waals surface area contributed by atoms with Gasteiger partial charge in [0.2, 0.25) is 0 Å². The van der Waals surface area contributed by atoms with Crippen molar-refractivity contribution < 1.29 is 14.3 Å². The highest BCUT2D eigenvalue weighted by molar-refractivity contribution is 5.75. The fraction of sp³-hybridized carbons (Fsp3) is 0.462. The molecule has 1 aromatic rings. The number of aliphatic carboxylic acids is 1. The van der Waals surface area contributed by atoms with Crippen molar-refractivity contribution in [3.8, 4) is 0 Å². The molecule has 1 aromatic carbocycles. The molecule has 2 rings (SSSR count). The fourth-order valence-electron chi connectivity index (χ4n) is 2.36. The van der Waals surface area contributed by atoms with Crippen molar-refractivity contribution in [2.45, 2.75) is 25.3 Å². The monoisotopic (exact) mass is 237 g/mol. The van der Waals surface area contributed by atoms with E-state index in [1.807, 2.05) is 4.90 Å². The van der Waals surface area contributed by atoms with Gasteiger partial charge in [-0.3, -0.25) is 9.69 Å². The van der Waals surface area contributed by atoms with Gasteiger partial charge in [0.15, 0.2) is 0 Å². The van der Waals surface area contributed by atoms with Crippen molar-refractivity contribution in [1.29, 1.82) is 0 Å². The smallest absolute Gasteiger partial charge is 0.325 e. The number of carboxylic acids is 1. The first-order valence-electron chi connectivity index (χ1n) is 5.91. The normalized spacial score (nSPS) is 18.9. The van der Waals surface area contributed by atoms with Crippen LogP contribution in [0.25, 0.3) is 0 Å². The molecule has 1 fully saturated rings. The van der Waals surface area contributed by atoms with Gasteiger partial charge in [-0.1, -0.05) is 18.6 Å². The standard InChI is InChI=1S/C13H16FNO2/c14-11-6-4-5-10(9-11)12(13(16)17)15-7-2-1-3-8-15/h4-6,9,12H,1-3,7-8H2,(H,16,17)/t12-/m0/s1. The van der Waals surface area contributed by atoms with Crippen LogP contribution in [0.15, 0.2) is 24.3 Å². The molecule has 0 bridgehead atoms. The van der Waals surface area contributed by atoms with Crippen molar-refractivity contribution in [2.75, 3.05) is 13.1 Å². The summed E-state index contributed by atoms with van der Waals surface area (Å²) in [4.78, 5) is 13.3. The zero-order valence-electron chi connectivity index (χ0n) is 9.60. The molecule has 4 heteroatoms. The van der Waals surface area contributed by atoms with Gasteiger partial charge in [-0.2, -0.15) is 0 Å². The van der Waals surface area contributed by atoms with Crippen LogP contribution in [-0.4, -0.2) is 29.1 Å². The number of rotatable bonds is 3. The molecule has 92 valence electrons. The summed E-state index contributed by atoms with van der Waals surface area (Å²) >= 11 is 0. The molecule has 1 aliphatic heterocycles. The minimum absolute atomic E-state index is 0.384. The topological polar surface area (TPSA) is 40.5 Å². The van der Waals surface area contributed by atoms with E-state index in [2.05, 4.69) is 0 Å². The highest BCUT2D eigenvalue weighted by Crippen LogP contribution is 2.25. The lowest BCUT2D eigenvalue weighted by atomic mass is 10.0. The first-order valence-corrected chi connectivity index (χ1v) is 5.91. The van der Waals surface area contributed by atoms with Crippen molar-refractivity contribution in [3.05, 3.63) is 35.6 Å². The third-order valence-corrected chi connectivity index (χ3v) is 3.15. The van der Waals surface area contributed by atoms with Crippen LogP contribution in [0.1, 0.15) is 30.9 Å². The molecule has 1 atom stereocenters. The molecule has 0 aliphatic carbocycles. The highest BCUT2D eigenvalue weighted by atomic mass is 19.1. The average molecular weight is 237 g/mol. The lowest BCUT2D eigenvalue weighted by molar-refractivity contribution is -0.144. The third-order valence-electron chi connectivity index (χ3n) is 3.15. The number of halogens is 1. The largest absolute Gasteiger partial charge is 0.480 e. The van der Waals surface area contributed by atoms with Crippen LogP contribution >= 0.6 is 0 Å². The van der Waals surface area contributed by atoms with Gasteiger partial charge in [0.1, 0.15) is 11.9 Å². The van der Waals surface area contributed by atoms with Crippen molar-refractivity contribution in [3.63, 3.8) is 0 Å². The zero-order chi connectivity index (χ0) is 12.3. The van der Waals surface area contributed by atoms with Gasteiger partial charge < -0.3 is 5.11 Å². The first kappa shape index (κ1) is 12.0. The maximum Gasteiger partial charge on any atom is 0.325 e. The second-order valence-electron chi connectivity index (χ2n) is 4.39. The van der Waals surface area contributed by atoms with E-state index < -0.39 is 12.0 Å². The summed E-state index contributed by atoms with van der Waals surface area (Å²) in [5.41, 5.74) is 0.527. The molecule has 17 heavy (non-hydrogen) atoms. The summed E-state index contributed by atoms with van der Waals surface area (Å²) in [5, 5.41) is 9.31. The molecule has 3 nitrogen and oxygen atoms in total. The molecular formula is C13H16FNO2. The van der Waals surface area contributed by atoms with E-state index in [-0.39, 0.29) is 5.82 Å². The Morgan fingerprint density at radius 3 is 2.59 bits per heavy atom. The second-order valence-corrected chi connectivity index (χ2v) is 4.39. The van der Waals surface area contributed by atoms with Gasteiger partial charge in [-0.05, 0) is 43.6 Å². The summed E-state index contributed by atoms with van der Waals surface area (Å²) < 4.78 is 13.1. The molecule has 1 aliphatic rings. The molecule has 0 unspecified atom stereocenters. The van der Waals surface area contributed by atoms with E-state index in [0.29, 0.717) is 5.56 Å². The predicted molar refractivity (Wildman–Crippen MR) is 62.2 cm³/mol. The number of carbonyl (C=O) groups is 1. The summed E-state index contributed by atoms with van der Waals surface area (Å²) in [6.07, 6.45) is 3.17. The molecule has 0 radical (unpaired) electrons. The van der Waals surface area contributed by atoms with E-state index in [4.69, 9.17) is 0 Å². The molecule has 1 saturated heterocycles. The summed E-state index contributed by atoms with van der Waals surface area (Å²) in [5.74, 6) is -1.29. The van der Waals surface area contributed by atoms with Crippen LogP contribution in [0.3, 0.4) is 0 Å². The Bertz CT molecular complexity index is 402. The van der Waals surface area contributed by atoms with Crippen molar-refractivity contribution in [2.24, 2.45) is 0 Å². The van der Waals surface area contributed by atoms with Crippen LogP contribution < -0.4 is 0 Å². The fourth-order valence-corrected chi connectivity index (χ4v) is 2.36. The second kappa shape index (κ2) is 5.27. The van der Waals surface area contributed by atoms with Gasteiger partial charge in [0, 0.05) is 0 Å². The molecule has 0 aromatic heterocycles. The maximum atomic E-state index is 13.1. The minimum Gasteiger partial charge on any atom is -0.480 e. The van der Waals surface area contributed by atoms with Gasteiger partial charge in [-0.15, -0.1) is 0 Å². The van der Waals surface area contributed by atoms with E-state index >= 15 is 0 Å². The van der Waals surface area contributed by atoms with Crippen LogP contribution in [0.5, 0.6) is 0 Å². The Balaban J connectivity index is 2.25. The Kier molecular flexibility index (Phi) is 3.74. The Morgan fingerprint density at radius 2 is 2.00 bits per heavy atom. The molecule has 0 saturated carbocycles. The van der Waals surface area contributed by atoms with Crippen molar-refractivity contribution >= 4 is 5.97 Å². The van der Waals surface area contributed by atoms with E-state index in [0.717, 1.165) is 32.4 Å². The Hall–Kier alpha value is -1.42. The molecule has 1 heterocycles. The third kappa shape index (κ3) is 2.82. The summed E-state index contributed by atoms with van der Waals surface area (Å²) in [6, 6.07) is 5.17. The number of carboxylic acid groups (broad SMARTS) is 1. The SMILES string of the molecule is O=C(O)[C@H](c1cccc(F)c1)N1CCCCC1. The summed E-state index contributed by atoms with van der Waals surface area (Å²) in [7, 11) is 0. The number of likely N-dealkylation sites (tertiary alicyclic amines) is 1. The summed E-state index contributed by atoms with van der Waals surface area (Å²) in [6.45, 7) is 1.54. The highest BCUT2D eigenvalue weighted by Gasteiger charge is 2.28. The van der Waals surface area contributed by atoms with Crippen LogP contribution in [-0.2, 0) is 4.79 Å². The van der Waals surface area contributed by atoms with Gasteiger partial charge in [-0.25, -0.2) is 4.39 Å². The number of piperidine rings is 1. The Morgan fingerprint density at radius 1 is 1.29 bits per heavy atom. The number of hydrogen-bond acceptors (Lipinski definition) is 2. The van der Waals surface area contributed by atoms with Crippen LogP contribution in [0, 0.1) is 5.82 Å². The van der Waals surface area contributed by atoms with Gasteiger partial charge >= 0.3 is 5.97 Å². The average Bonchev–Trinajstić information content (AvgIpc) is 2.30. The maximum absolute atomic E-state index is 13.1. The first-order chi connectivity index (χ1) is 8.18. The van der Waals surface area contributed by atoms with Gasteiger partial charge in [0.25, 0.3) is 0 Å². The van der Waals surface area contributed by atoms with Gasteiger partial charge in [0.05, 0.1) is 0 Å². The zero-order valence-corrected chi connectivity index (χ0v) is 9.60. The molecule has 0 spiro atoms. The number of benzene rings is 1. The molecular weight excluding hydrogens is 221 g/mol. The number of nitrogens with zero attached hydrogens (tertiary/aromatic N) is 1. The number of hydrogen-bond donors (Lipinski definition) is 1. The minimum atomic E-state index is -0.905. The van der Waals surface area contributed by atoms with E-state index in [9.17, 15) is 14.3 Å². The molecule has 0 amide bonds.